The molecule has 0 spiro atoms. The molecule has 1 aromatic carbocycles. The summed E-state index contributed by atoms with van der Waals surface area (Å²) in [5.41, 5.74) is 1.72. The van der Waals surface area contributed by atoms with Crippen LogP contribution in [0.5, 0.6) is 0 Å². The normalized spacial score (nSPS) is 22.3. The molecule has 0 amide bonds. The molecule has 0 saturated carbocycles. The van der Waals surface area contributed by atoms with E-state index in [9.17, 15) is 4.39 Å². The zero-order valence-corrected chi connectivity index (χ0v) is 8.22. The second-order valence-electron chi connectivity index (χ2n) is 3.55. The Kier molecular flexibility index (Phi) is 2.79. The van der Waals surface area contributed by atoms with Gasteiger partial charge >= 0.3 is 0 Å². The summed E-state index contributed by atoms with van der Waals surface area (Å²) in [5.74, 6) is -0.145. The maximum Gasteiger partial charge on any atom is 0.128 e. The molecule has 0 aromatic heterocycles. The van der Waals surface area contributed by atoms with E-state index in [1.165, 1.54) is 6.07 Å². The van der Waals surface area contributed by atoms with Crippen LogP contribution in [0.1, 0.15) is 17.2 Å². The molecule has 1 fully saturated rings. The van der Waals surface area contributed by atoms with E-state index in [0.29, 0.717) is 13.2 Å². The molecule has 2 rings (SSSR count). The number of nitrogens with one attached hydrogen (secondary N) is 1. The number of ether oxygens (including phenoxy) is 1. The highest BCUT2D eigenvalue weighted by Crippen LogP contribution is 2.22. The minimum absolute atomic E-state index is 0.00458. The van der Waals surface area contributed by atoms with Gasteiger partial charge in [0.1, 0.15) is 5.82 Å². The van der Waals surface area contributed by atoms with Crippen molar-refractivity contribution in [3.05, 3.63) is 35.1 Å². The maximum atomic E-state index is 13.5. The molecule has 0 bridgehead atoms. The average Bonchev–Trinajstić information content (AvgIpc) is 2.19. The molecule has 76 valence electrons. The number of aryl methyl sites for hydroxylation is 1. The van der Waals surface area contributed by atoms with Gasteiger partial charge in [-0.15, -0.1) is 0 Å². The smallest absolute Gasteiger partial charge is 0.128 e. The third-order valence-corrected chi connectivity index (χ3v) is 2.54. The first-order valence-corrected chi connectivity index (χ1v) is 4.85. The van der Waals surface area contributed by atoms with Crippen LogP contribution in [0.15, 0.2) is 18.2 Å². The van der Waals surface area contributed by atoms with Crippen molar-refractivity contribution in [2.24, 2.45) is 0 Å². The fourth-order valence-corrected chi connectivity index (χ4v) is 1.84. The van der Waals surface area contributed by atoms with E-state index in [-0.39, 0.29) is 11.9 Å². The van der Waals surface area contributed by atoms with E-state index in [0.717, 1.165) is 17.7 Å². The topological polar surface area (TPSA) is 21.3 Å². The van der Waals surface area contributed by atoms with Crippen LogP contribution in [0.2, 0.25) is 0 Å². The summed E-state index contributed by atoms with van der Waals surface area (Å²) in [5, 5.41) is 3.25. The highest BCUT2D eigenvalue weighted by molar-refractivity contribution is 5.30. The Balaban J connectivity index is 2.29. The number of hydrogen-bond acceptors (Lipinski definition) is 2. The van der Waals surface area contributed by atoms with Crippen LogP contribution in [0.4, 0.5) is 4.39 Å². The van der Waals surface area contributed by atoms with Gasteiger partial charge in [-0.05, 0) is 18.6 Å². The predicted molar refractivity (Wildman–Crippen MR) is 52.7 cm³/mol. The Bertz CT molecular complexity index is 301. The van der Waals surface area contributed by atoms with Crippen molar-refractivity contribution in [1.82, 2.24) is 5.32 Å². The van der Waals surface area contributed by atoms with Crippen molar-refractivity contribution in [2.75, 3.05) is 19.8 Å². The quantitative estimate of drug-likeness (QED) is 0.737. The molecule has 14 heavy (non-hydrogen) atoms. The molecule has 1 aliphatic rings. The lowest BCUT2D eigenvalue weighted by Gasteiger charge is -2.25. The maximum absolute atomic E-state index is 13.5. The summed E-state index contributed by atoms with van der Waals surface area (Å²) < 4.78 is 18.9. The van der Waals surface area contributed by atoms with Crippen molar-refractivity contribution >= 4 is 0 Å². The highest BCUT2D eigenvalue weighted by atomic mass is 19.1. The van der Waals surface area contributed by atoms with Crippen LogP contribution in [0.3, 0.4) is 0 Å². The van der Waals surface area contributed by atoms with Crippen LogP contribution < -0.4 is 5.32 Å². The first kappa shape index (κ1) is 9.62. The first-order valence-electron chi connectivity index (χ1n) is 4.85. The minimum Gasteiger partial charge on any atom is -0.378 e. The molecular formula is C11H14FNO. The van der Waals surface area contributed by atoms with Gasteiger partial charge in [0.25, 0.3) is 0 Å². The number of halogens is 1. The molecule has 0 aliphatic carbocycles. The van der Waals surface area contributed by atoms with E-state index < -0.39 is 0 Å². The average molecular weight is 195 g/mol. The van der Waals surface area contributed by atoms with Crippen molar-refractivity contribution in [3.8, 4) is 0 Å². The Hall–Kier alpha value is -0.930. The van der Waals surface area contributed by atoms with Crippen LogP contribution in [0.25, 0.3) is 0 Å². The predicted octanol–water partition coefficient (Wildman–Crippen LogP) is 1.80. The molecule has 2 nitrogen and oxygen atoms in total. The second-order valence-corrected chi connectivity index (χ2v) is 3.55. The van der Waals surface area contributed by atoms with Gasteiger partial charge in [0.2, 0.25) is 0 Å². The number of morpholine rings is 1. The van der Waals surface area contributed by atoms with Crippen molar-refractivity contribution in [2.45, 2.75) is 13.0 Å². The standard InChI is InChI=1S/C11H14FNO/c1-8-3-2-4-9(12)11(8)10-7-14-6-5-13-10/h2-4,10,13H,5-7H2,1H3. The Labute approximate surface area is 83.1 Å². The van der Waals surface area contributed by atoms with Crippen LogP contribution >= 0.6 is 0 Å². The lowest BCUT2D eigenvalue weighted by Crippen LogP contribution is -2.35. The molecule has 1 N–H and O–H groups in total. The molecule has 1 unspecified atom stereocenters. The third kappa shape index (κ3) is 1.79. The second kappa shape index (κ2) is 4.07. The molecule has 1 saturated heterocycles. The molecule has 1 aromatic rings. The van der Waals surface area contributed by atoms with Crippen molar-refractivity contribution in [3.63, 3.8) is 0 Å². The number of hydrogen-bond donors (Lipinski definition) is 1. The SMILES string of the molecule is Cc1cccc(F)c1C1COCCN1. The van der Waals surface area contributed by atoms with Gasteiger partial charge in [-0.25, -0.2) is 4.39 Å². The number of rotatable bonds is 1. The Morgan fingerprint density at radius 3 is 3.00 bits per heavy atom. The first-order chi connectivity index (χ1) is 6.79. The van der Waals surface area contributed by atoms with Crippen LogP contribution in [-0.2, 0) is 4.74 Å². The fourth-order valence-electron chi connectivity index (χ4n) is 1.84. The Morgan fingerprint density at radius 2 is 2.36 bits per heavy atom. The summed E-state index contributed by atoms with van der Waals surface area (Å²) in [6, 6.07) is 5.16. The summed E-state index contributed by atoms with van der Waals surface area (Å²) in [4.78, 5) is 0. The highest BCUT2D eigenvalue weighted by Gasteiger charge is 2.19. The van der Waals surface area contributed by atoms with Gasteiger partial charge in [0, 0.05) is 12.1 Å². The zero-order valence-electron chi connectivity index (χ0n) is 8.22. The monoisotopic (exact) mass is 195 g/mol. The molecule has 1 aliphatic heterocycles. The van der Waals surface area contributed by atoms with Gasteiger partial charge in [-0.3, -0.25) is 0 Å². The lowest BCUT2D eigenvalue weighted by molar-refractivity contribution is 0.0755. The van der Waals surface area contributed by atoms with Gasteiger partial charge in [0.05, 0.1) is 19.3 Å². The van der Waals surface area contributed by atoms with Gasteiger partial charge in [-0.1, -0.05) is 12.1 Å². The van der Waals surface area contributed by atoms with E-state index in [1.54, 1.807) is 6.07 Å². The van der Waals surface area contributed by atoms with E-state index >= 15 is 0 Å². The van der Waals surface area contributed by atoms with Crippen LogP contribution in [0, 0.1) is 12.7 Å². The summed E-state index contributed by atoms with van der Waals surface area (Å²) in [7, 11) is 0. The lowest BCUT2D eigenvalue weighted by atomic mass is 10.0. The largest absolute Gasteiger partial charge is 0.378 e. The van der Waals surface area contributed by atoms with E-state index in [1.807, 2.05) is 13.0 Å². The summed E-state index contributed by atoms with van der Waals surface area (Å²) in [6.07, 6.45) is 0. The van der Waals surface area contributed by atoms with E-state index in [4.69, 9.17) is 4.74 Å². The zero-order chi connectivity index (χ0) is 9.97. The van der Waals surface area contributed by atoms with E-state index in [2.05, 4.69) is 5.32 Å². The van der Waals surface area contributed by atoms with Crippen LogP contribution in [-0.4, -0.2) is 19.8 Å². The van der Waals surface area contributed by atoms with Gasteiger partial charge in [-0.2, -0.15) is 0 Å². The molecule has 3 heteroatoms. The Morgan fingerprint density at radius 1 is 1.50 bits per heavy atom. The third-order valence-electron chi connectivity index (χ3n) is 2.54. The van der Waals surface area contributed by atoms with Crippen molar-refractivity contribution in [1.29, 1.82) is 0 Å². The minimum atomic E-state index is -0.145. The molecule has 1 heterocycles. The molecular weight excluding hydrogens is 181 g/mol. The molecule has 1 atom stereocenters. The number of benzene rings is 1. The summed E-state index contributed by atoms with van der Waals surface area (Å²) in [6.45, 7) is 3.99. The van der Waals surface area contributed by atoms with Gasteiger partial charge < -0.3 is 10.1 Å². The summed E-state index contributed by atoms with van der Waals surface area (Å²) >= 11 is 0. The molecule has 0 radical (unpaired) electrons. The fraction of sp³-hybridized carbons (Fsp3) is 0.455. The van der Waals surface area contributed by atoms with Crippen molar-refractivity contribution < 1.29 is 9.13 Å². The van der Waals surface area contributed by atoms with Gasteiger partial charge in [0.15, 0.2) is 0 Å².